The van der Waals surface area contributed by atoms with Crippen LogP contribution in [-0.4, -0.2) is 83.4 Å². The minimum atomic E-state index is -3.85. The van der Waals surface area contributed by atoms with Crippen molar-refractivity contribution in [3.8, 4) is 0 Å². The summed E-state index contributed by atoms with van der Waals surface area (Å²) in [4.78, 5) is 54.9. The number of hydrogen-bond donors (Lipinski definition) is 4. The van der Waals surface area contributed by atoms with E-state index >= 15 is 0 Å². The minimum absolute atomic E-state index is 0.0548. The van der Waals surface area contributed by atoms with Gasteiger partial charge in [0.1, 0.15) is 23.2 Å². The molecule has 4 aliphatic rings. The molecule has 2 saturated carbocycles. The van der Waals surface area contributed by atoms with E-state index in [0.29, 0.717) is 19.3 Å². The van der Waals surface area contributed by atoms with Gasteiger partial charge < -0.3 is 25.4 Å². The summed E-state index contributed by atoms with van der Waals surface area (Å²) in [5.74, 6) is -2.55. The van der Waals surface area contributed by atoms with Gasteiger partial charge in [-0.05, 0) is 64.7 Å². The number of sulfonamides is 1. The van der Waals surface area contributed by atoms with E-state index in [-0.39, 0.29) is 31.2 Å². The zero-order valence-electron chi connectivity index (χ0n) is 24.5. The first-order valence-electron chi connectivity index (χ1n) is 14.6. The molecule has 41 heavy (non-hydrogen) atoms. The molecule has 3 fully saturated rings. The number of aliphatic hydroxyl groups is 1. The van der Waals surface area contributed by atoms with Crippen LogP contribution in [0.5, 0.6) is 0 Å². The van der Waals surface area contributed by atoms with Gasteiger partial charge in [-0.1, -0.05) is 32.4 Å². The van der Waals surface area contributed by atoms with Gasteiger partial charge >= 0.3 is 6.09 Å². The Morgan fingerprint density at radius 2 is 1.80 bits per heavy atom. The topological polar surface area (TPSA) is 171 Å². The van der Waals surface area contributed by atoms with E-state index in [4.69, 9.17) is 4.74 Å². The maximum absolute atomic E-state index is 13.9. The third kappa shape index (κ3) is 7.40. The maximum Gasteiger partial charge on any atom is 0.408 e. The van der Waals surface area contributed by atoms with Crippen molar-refractivity contribution in [2.45, 2.75) is 114 Å². The van der Waals surface area contributed by atoms with Gasteiger partial charge in [0.25, 0.3) is 5.91 Å². The summed E-state index contributed by atoms with van der Waals surface area (Å²) in [5, 5.41) is 15.3. The number of rotatable bonds is 4. The fourth-order valence-electron chi connectivity index (χ4n) is 5.68. The number of nitrogens with zero attached hydrogens (tertiary/aromatic N) is 1. The van der Waals surface area contributed by atoms with Crippen molar-refractivity contribution in [3.05, 3.63) is 12.2 Å². The van der Waals surface area contributed by atoms with Crippen LogP contribution in [0, 0.1) is 17.8 Å². The molecule has 0 spiro atoms. The van der Waals surface area contributed by atoms with Crippen LogP contribution in [0.3, 0.4) is 0 Å². The van der Waals surface area contributed by atoms with Crippen molar-refractivity contribution in [1.29, 1.82) is 0 Å². The Morgan fingerprint density at radius 1 is 1.12 bits per heavy atom. The van der Waals surface area contributed by atoms with Gasteiger partial charge in [-0.2, -0.15) is 0 Å². The van der Waals surface area contributed by atoms with Crippen LogP contribution in [0.25, 0.3) is 0 Å². The van der Waals surface area contributed by atoms with E-state index in [1.807, 2.05) is 26.0 Å². The second-order valence-corrected chi connectivity index (χ2v) is 15.2. The monoisotopic (exact) mass is 596 g/mol. The molecule has 2 heterocycles. The zero-order chi connectivity index (χ0) is 30.3. The Bertz CT molecular complexity index is 1190. The van der Waals surface area contributed by atoms with Crippen LogP contribution < -0.4 is 15.4 Å². The lowest BCUT2D eigenvalue weighted by molar-refractivity contribution is -0.142. The van der Waals surface area contributed by atoms with Crippen molar-refractivity contribution >= 4 is 33.8 Å². The minimum Gasteiger partial charge on any atom is -0.444 e. The quantitative estimate of drug-likeness (QED) is 0.352. The smallest absolute Gasteiger partial charge is 0.408 e. The molecule has 4 rings (SSSR count). The van der Waals surface area contributed by atoms with E-state index in [9.17, 15) is 32.7 Å². The summed E-state index contributed by atoms with van der Waals surface area (Å²) < 4.78 is 32.7. The molecule has 0 aromatic carbocycles. The molecule has 7 atom stereocenters. The van der Waals surface area contributed by atoms with Gasteiger partial charge in [0.15, 0.2) is 0 Å². The molecule has 1 saturated heterocycles. The summed E-state index contributed by atoms with van der Waals surface area (Å²) in [7, 11) is -3.85. The molecule has 230 valence electrons. The van der Waals surface area contributed by atoms with E-state index in [1.165, 1.54) is 4.90 Å². The summed E-state index contributed by atoms with van der Waals surface area (Å²) in [6, 6.07) is -2.11. The number of hydrogen-bond acceptors (Lipinski definition) is 8. The average Bonchev–Trinajstić information content (AvgIpc) is 3.76. The fraction of sp³-hybridized carbons (Fsp3) is 0.786. The van der Waals surface area contributed by atoms with Gasteiger partial charge in [0, 0.05) is 18.9 Å². The van der Waals surface area contributed by atoms with Gasteiger partial charge in [-0.3, -0.25) is 19.1 Å². The summed E-state index contributed by atoms with van der Waals surface area (Å²) in [6.07, 6.45) is 5.37. The number of fused-ring (bicyclic) bond motifs is 2. The molecule has 0 aromatic rings. The molecule has 0 aromatic heterocycles. The normalized spacial score (nSPS) is 35.6. The summed E-state index contributed by atoms with van der Waals surface area (Å²) in [5.41, 5.74) is -2.26. The Morgan fingerprint density at radius 3 is 2.44 bits per heavy atom. The number of carbonyl (C=O) groups is 4. The van der Waals surface area contributed by atoms with Crippen LogP contribution in [0.4, 0.5) is 4.79 Å². The van der Waals surface area contributed by atoms with Crippen molar-refractivity contribution in [2.75, 3.05) is 6.54 Å². The van der Waals surface area contributed by atoms with Gasteiger partial charge in [-0.25, -0.2) is 13.2 Å². The highest BCUT2D eigenvalue weighted by Gasteiger charge is 2.62. The standard InChI is InChI=1S/C28H44N4O8S/c1-16-7-6-8-17(2)22(29-26(37)40-27(3,4)5)24(35)32-15-19(33)13-21(32)23(34)30-28(14-18(28)10-9-16)25(36)31-41(38,39)20-11-12-20/h9-10,16-22,33H,6-8,11-15H2,1-5H3,(H,29,37)(H,30,34)(H,31,36)/b10-9-/t16-,17+,18+,19+,21?,22-,28+/m0/s1. The molecule has 12 nitrogen and oxygen atoms in total. The lowest BCUT2D eigenvalue weighted by atomic mass is 9.92. The Hall–Kier alpha value is -2.67. The molecule has 1 unspecified atom stereocenters. The summed E-state index contributed by atoms with van der Waals surface area (Å²) >= 11 is 0. The molecular formula is C28H44N4O8S. The van der Waals surface area contributed by atoms with Crippen molar-refractivity contribution in [1.82, 2.24) is 20.3 Å². The molecular weight excluding hydrogens is 552 g/mol. The van der Waals surface area contributed by atoms with Crippen molar-refractivity contribution in [2.24, 2.45) is 17.8 Å². The van der Waals surface area contributed by atoms with Crippen LogP contribution in [0.2, 0.25) is 0 Å². The number of nitrogens with one attached hydrogen (secondary N) is 3. The van der Waals surface area contributed by atoms with E-state index in [0.717, 1.165) is 12.8 Å². The number of allylic oxidation sites excluding steroid dienone is 1. The number of aliphatic hydroxyl groups excluding tert-OH is 1. The van der Waals surface area contributed by atoms with Crippen LogP contribution in [0.15, 0.2) is 12.2 Å². The SMILES string of the molecule is C[C@@H]1/C=C\[C@@H]2C[C@@]2(C(=O)NS(=O)(=O)C2CC2)NC(=O)C2C[C@@H](O)CN2C(=O)[C@@H](NC(=O)OC(C)(C)C)[C@H](C)CCC1. The third-order valence-corrected chi connectivity index (χ3v) is 10.1. The predicted molar refractivity (Wildman–Crippen MR) is 150 cm³/mol. The first-order chi connectivity index (χ1) is 19.0. The Kier molecular flexibility index (Phi) is 8.80. The average molecular weight is 597 g/mol. The number of carbonyl (C=O) groups excluding carboxylic acids is 4. The van der Waals surface area contributed by atoms with Crippen molar-refractivity contribution in [3.63, 3.8) is 0 Å². The molecule has 2 aliphatic heterocycles. The lowest BCUT2D eigenvalue weighted by Gasteiger charge is -2.32. The third-order valence-electron chi connectivity index (χ3n) is 8.33. The molecule has 4 N–H and O–H groups in total. The number of alkyl carbamates (subject to hydrolysis) is 1. The predicted octanol–water partition coefficient (Wildman–Crippen LogP) is 1.34. The maximum atomic E-state index is 13.9. The number of amides is 4. The first kappa shape index (κ1) is 31.3. The molecule has 0 bridgehead atoms. The largest absolute Gasteiger partial charge is 0.444 e. The fourth-order valence-corrected chi connectivity index (χ4v) is 7.05. The van der Waals surface area contributed by atoms with Crippen LogP contribution in [0.1, 0.15) is 79.6 Å². The second-order valence-electron chi connectivity index (χ2n) is 13.2. The molecule has 2 aliphatic carbocycles. The molecule has 0 radical (unpaired) electrons. The Labute approximate surface area is 242 Å². The van der Waals surface area contributed by atoms with E-state index in [1.54, 1.807) is 20.8 Å². The van der Waals surface area contributed by atoms with Gasteiger partial charge in [-0.15, -0.1) is 0 Å². The van der Waals surface area contributed by atoms with Crippen LogP contribution in [-0.2, 0) is 29.1 Å². The van der Waals surface area contributed by atoms with E-state index < -0.39 is 74.3 Å². The highest BCUT2D eigenvalue weighted by Crippen LogP contribution is 2.46. The van der Waals surface area contributed by atoms with Gasteiger partial charge in [0.05, 0.1) is 11.4 Å². The molecule has 4 amide bonds. The van der Waals surface area contributed by atoms with Gasteiger partial charge in [0.2, 0.25) is 21.8 Å². The highest BCUT2D eigenvalue weighted by molar-refractivity contribution is 7.91. The first-order valence-corrected chi connectivity index (χ1v) is 16.1. The molecule has 13 heteroatoms. The Balaban J connectivity index is 1.62. The highest BCUT2D eigenvalue weighted by atomic mass is 32.2. The lowest BCUT2D eigenvalue weighted by Crippen LogP contribution is -2.59. The second kappa shape index (κ2) is 11.5. The van der Waals surface area contributed by atoms with Crippen molar-refractivity contribution < 1.29 is 37.4 Å². The number of ether oxygens (including phenoxy) is 1. The van der Waals surface area contributed by atoms with E-state index in [2.05, 4.69) is 15.4 Å². The van der Waals surface area contributed by atoms with Crippen LogP contribution >= 0.6 is 0 Å². The zero-order valence-corrected chi connectivity index (χ0v) is 25.3. The summed E-state index contributed by atoms with van der Waals surface area (Å²) in [6.45, 7) is 8.91.